The average molecular weight is 292 g/mol. The molecular formula is C15H18ClN3O. The summed E-state index contributed by atoms with van der Waals surface area (Å²) in [6, 6.07) is 9.25. The smallest absolute Gasteiger partial charge is 0.263 e. The number of nitrogens with zero attached hydrogens (tertiary/aromatic N) is 1. The summed E-state index contributed by atoms with van der Waals surface area (Å²) in [6.45, 7) is 6.08. The number of carbonyl (C=O) groups excluding carboxylic acids is 1. The Labute approximate surface area is 124 Å². The van der Waals surface area contributed by atoms with Crippen molar-refractivity contribution in [3.05, 3.63) is 46.6 Å². The summed E-state index contributed by atoms with van der Waals surface area (Å²) in [5, 5.41) is 15.3. The Balaban J connectivity index is 2.63. The van der Waals surface area contributed by atoms with E-state index in [2.05, 4.69) is 10.6 Å². The minimum absolute atomic E-state index is 0.0435. The number of hydrogen-bond acceptors (Lipinski definition) is 3. The molecule has 0 fully saturated rings. The first kappa shape index (κ1) is 16.1. The van der Waals surface area contributed by atoms with Crippen molar-refractivity contribution < 1.29 is 4.79 Å². The van der Waals surface area contributed by atoms with Crippen LogP contribution in [0.4, 0.5) is 0 Å². The standard InChI is InChI=1S/C15H18ClN3O/c1-15(2,3)19-14(20)12(8-17)10-18-9-11-5-4-6-13(16)7-11/h4-7,10,18H,9H2,1-3H3,(H,19,20)/b12-10-. The van der Waals surface area contributed by atoms with E-state index in [-0.39, 0.29) is 11.1 Å². The Bertz CT molecular complexity index is 553. The lowest BCUT2D eigenvalue weighted by atomic mass is 10.1. The molecule has 1 aromatic rings. The Morgan fingerprint density at radius 3 is 2.70 bits per heavy atom. The molecule has 0 bridgehead atoms. The molecular weight excluding hydrogens is 274 g/mol. The summed E-state index contributed by atoms with van der Waals surface area (Å²) in [7, 11) is 0. The van der Waals surface area contributed by atoms with Crippen molar-refractivity contribution in [2.75, 3.05) is 0 Å². The van der Waals surface area contributed by atoms with Crippen LogP contribution in [0.2, 0.25) is 5.02 Å². The summed E-state index contributed by atoms with van der Waals surface area (Å²) in [5.41, 5.74) is 0.643. The molecule has 0 saturated carbocycles. The van der Waals surface area contributed by atoms with Gasteiger partial charge in [0.1, 0.15) is 11.6 Å². The highest BCUT2D eigenvalue weighted by molar-refractivity contribution is 6.30. The molecule has 2 N–H and O–H groups in total. The number of carbonyl (C=O) groups is 1. The zero-order chi connectivity index (χ0) is 15.2. The Morgan fingerprint density at radius 1 is 1.45 bits per heavy atom. The fourth-order valence-electron chi connectivity index (χ4n) is 1.47. The van der Waals surface area contributed by atoms with Crippen molar-refractivity contribution in [2.24, 2.45) is 0 Å². The highest BCUT2D eigenvalue weighted by Gasteiger charge is 2.16. The SMILES string of the molecule is CC(C)(C)NC(=O)/C(C#N)=C\NCc1cccc(Cl)c1. The maximum absolute atomic E-state index is 11.8. The minimum Gasteiger partial charge on any atom is -0.386 e. The first-order valence-electron chi connectivity index (χ1n) is 6.22. The van der Waals surface area contributed by atoms with Gasteiger partial charge in [-0.25, -0.2) is 0 Å². The first-order chi connectivity index (χ1) is 9.31. The molecule has 1 rings (SSSR count). The molecule has 0 aliphatic rings. The van der Waals surface area contributed by atoms with Crippen LogP contribution in [-0.2, 0) is 11.3 Å². The van der Waals surface area contributed by atoms with Gasteiger partial charge in [-0.05, 0) is 38.5 Å². The second kappa shape index (κ2) is 6.97. The molecule has 4 nitrogen and oxygen atoms in total. The van der Waals surface area contributed by atoms with Gasteiger partial charge in [0.25, 0.3) is 5.91 Å². The zero-order valence-corrected chi connectivity index (χ0v) is 12.6. The minimum atomic E-state index is -0.390. The number of rotatable bonds is 4. The van der Waals surface area contributed by atoms with Crippen LogP contribution in [0.1, 0.15) is 26.3 Å². The van der Waals surface area contributed by atoms with E-state index in [1.54, 1.807) is 6.07 Å². The molecule has 0 aliphatic carbocycles. The number of nitriles is 1. The van der Waals surface area contributed by atoms with Gasteiger partial charge in [-0.15, -0.1) is 0 Å². The summed E-state index contributed by atoms with van der Waals surface area (Å²) in [4.78, 5) is 11.8. The molecule has 0 spiro atoms. The second-order valence-corrected chi connectivity index (χ2v) is 5.82. The maximum Gasteiger partial charge on any atom is 0.263 e. The highest BCUT2D eigenvalue weighted by Crippen LogP contribution is 2.10. The third-order valence-corrected chi connectivity index (χ3v) is 2.53. The van der Waals surface area contributed by atoms with Crippen molar-refractivity contribution in [2.45, 2.75) is 32.9 Å². The Hall–Kier alpha value is -1.99. The van der Waals surface area contributed by atoms with E-state index in [1.807, 2.05) is 45.0 Å². The van der Waals surface area contributed by atoms with Crippen LogP contribution in [-0.4, -0.2) is 11.4 Å². The highest BCUT2D eigenvalue weighted by atomic mass is 35.5. The molecule has 106 valence electrons. The Morgan fingerprint density at radius 2 is 2.15 bits per heavy atom. The van der Waals surface area contributed by atoms with Gasteiger partial charge in [-0.1, -0.05) is 23.7 Å². The normalized spacial score (nSPS) is 11.7. The van der Waals surface area contributed by atoms with Gasteiger partial charge in [0.15, 0.2) is 0 Å². The van der Waals surface area contributed by atoms with E-state index in [9.17, 15) is 4.79 Å². The maximum atomic E-state index is 11.8. The Kier molecular flexibility index (Phi) is 5.60. The van der Waals surface area contributed by atoms with Gasteiger partial charge >= 0.3 is 0 Å². The van der Waals surface area contributed by atoms with Crippen LogP contribution in [0.3, 0.4) is 0 Å². The average Bonchev–Trinajstić information content (AvgIpc) is 2.32. The topological polar surface area (TPSA) is 64.9 Å². The number of nitrogens with one attached hydrogen (secondary N) is 2. The van der Waals surface area contributed by atoms with Crippen LogP contribution in [0, 0.1) is 11.3 Å². The molecule has 1 amide bonds. The third-order valence-electron chi connectivity index (χ3n) is 2.30. The van der Waals surface area contributed by atoms with Gasteiger partial charge < -0.3 is 10.6 Å². The van der Waals surface area contributed by atoms with Crippen molar-refractivity contribution in [3.63, 3.8) is 0 Å². The van der Waals surface area contributed by atoms with Crippen LogP contribution in [0.5, 0.6) is 0 Å². The molecule has 0 unspecified atom stereocenters. The number of benzene rings is 1. The van der Waals surface area contributed by atoms with Crippen molar-refractivity contribution in [1.82, 2.24) is 10.6 Å². The molecule has 20 heavy (non-hydrogen) atoms. The second-order valence-electron chi connectivity index (χ2n) is 5.38. The van der Waals surface area contributed by atoms with Crippen LogP contribution >= 0.6 is 11.6 Å². The van der Waals surface area contributed by atoms with Crippen LogP contribution in [0.25, 0.3) is 0 Å². The van der Waals surface area contributed by atoms with E-state index < -0.39 is 5.91 Å². The monoisotopic (exact) mass is 291 g/mol. The van der Waals surface area contributed by atoms with Gasteiger partial charge in [0, 0.05) is 23.3 Å². The van der Waals surface area contributed by atoms with Gasteiger partial charge in [-0.3, -0.25) is 4.79 Å². The van der Waals surface area contributed by atoms with E-state index in [0.29, 0.717) is 11.6 Å². The van der Waals surface area contributed by atoms with E-state index in [1.165, 1.54) is 6.20 Å². The lowest BCUT2D eigenvalue weighted by Crippen LogP contribution is -2.41. The summed E-state index contributed by atoms with van der Waals surface area (Å²) in [5.74, 6) is -0.390. The van der Waals surface area contributed by atoms with Crippen molar-refractivity contribution in [3.8, 4) is 6.07 Å². The number of amides is 1. The number of hydrogen-bond donors (Lipinski definition) is 2. The fourth-order valence-corrected chi connectivity index (χ4v) is 1.69. The molecule has 0 aromatic heterocycles. The van der Waals surface area contributed by atoms with Crippen LogP contribution in [0.15, 0.2) is 36.0 Å². The van der Waals surface area contributed by atoms with Gasteiger partial charge in [-0.2, -0.15) is 5.26 Å². The molecule has 5 heteroatoms. The van der Waals surface area contributed by atoms with Gasteiger partial charge in [0.2, 0.25) is 0 Å². The summed E-state index contributed by atoms with van der Waals surface area (Å²) < 4.78 is 0. The quantitative estimate of drug-likeness (QED) is 0.662. The molecule has 1 aromatic carbocycles. The lowest BCUT2D eigenvalue weighted by molar-refractivity contribution is -0.118. The number of halogens is 1. The van der Waals surface area contributed by atoms with Crippen molar-refractivity contribution in [1.29, 1.82) is 5.26 Å². The molecule has 0 atom stereocenters. The van der Waals surface area contributed by atoms with E-state index in [4.69, 9.17) is 16.9 Å². The van der Waals surface area contributed by atoms with E-state index >= 15 is 0 Å². The summed E-state index contributed by atoms with van der Waals surface area (Å²) in [6.07, 6.45) is 1.42. The summed E-state index contributed by atoms with van der Waals surface area (Å²) >= 11 is 5.88. The zero-order valence-electron chi connectivity index (χ0n) is 11.8. The van der Waals surface area contributed by atoms with Crippen LogP contribution < -0.4 is 10.6 Å². The molecule has 0 radical (unpaired) electrons. The molecule has 0 saturated heterocycles. The fraction of sp³-hybridized carbons (Fsp3) is 0.333. The predicted molar refractivity (Wildman–Crippen MR) is 79.9 cm³/mol. The van der Waals surface area contributed by atoms with Crippen molar-refractivity contribution >= 4 is 17.5 Å². The largest absolute Gasteiger partial charge is 0.386 e. The third kappa shape index (κ3) is 5.77. The predicted octanol–water partition coefficient (Wildman–Crippen LogP) is 2.75. The first-order valence-corrected chi connectivity index (χ1v) is 6.60. The van der Waals surface area contributed by atoms with Gasteiger partial charge in [0.05, 0.1) is 0 Å². The molecule has 0 heterocycles. The lowest BCUT2D eigenvalue weighted by Gasteiger charge is -2.20. The molecule has 0 aliphatic heterocycles. The van der Waals surface area contributed by atoms with E-state index in [0.717, 1.165) is 5.56 Å².